The molecule has 0 bridgehead atoms. The minimum atomic E-state index is 0. The Balaban J connectivity index is 0.000000720. The topological polar surface area (TPSA) is 0 Å². The second kappa shape index (κ2) is 4.14. The van der Waals surface area contributed by atoms with Crippen LogP contribution in [0, 0.1) is 6.07 Å². The van der Waals surface area contributed by atoms with Crippen LogP contribution < -0.4 is 18.9 Å². The van der Waals surface area contributed by atoms with E-state index < -0.39 is 0 Å². The van der Waals surface area contributed by atoms with Crippen molar-refractivity contribution in [3.63, 3.8) is 0 Å². The third-order valence-corrected chi connectivity index (χ3v) is 2.31. The van der Waals surface area contributed by atoms with Gasteiger partial charge in [-0.15, -0.1) is 51.0 Å². The van der Waals surface area contributed by atoms with Crippen LogP contribution in [0.25, 0.3) is 10.8 Å². The van der Waals surface area contributed by atoms with E-state index in [2.05, 4.69) is 34.1 Å². The van der Waals surface area contributed by atoms with Crippen molar-refractivity contribution in [3.05, 3.63) is 46.9 Å². The average molecular weight is 213 g/mol. The fourth-order valence-corrected chi connectivity index (χ4v) is 1.61. The van der Waals surface area contributed by atoms with Crippen molar-refractivity contribution in [2.75, 3.05) is 0 Å². The summed E-state index contributed by atoms with van der Waals surface area (Å²) in [4.78, 5) is 0. The molecule has 2 heteroatoms. The van der Waals surface area contributed by atoms with Crippen molar-refractivity contribution in [1.29, 1.82) is 0 Å². The molecule has 2 rings (SSSR count). The maximum Gasteiger partial charge on any atom is 1.00 e. The van der Waals surface area contributed by atoms with Gasteiger partial charge in [-0.3, -0.25) is 0 Å². The van der Waals surface area contributed by atoms with E-state index in [1.54, 1.807) is 0 Å². The summed E-state index contributed by atoms with van der Waals surface area (Å²) in [6.07, 6.45) is 0. The standard InChI is InChI=1S/C10H6Br.Li/c11-10-7-3-5-8-4-1-2-6-9(8)10;/h1-5,7H;/q-1;+1. The molecule has 0 N–H and O–H groups in total. The number of hydrogen-bond donors (Lipinski definition) is 0. The van der Waals surface area contributed by atoms with Crippen LogP contribution >= 0.6 is 15.9 Å². The molecule has 0 saturated carbocycles. The molecule has 0 radical (unpaired) electrons. The van der Waals surface area contributed by atoms with E-state index in [0.29, 0.717) is 0 Å². The summed E-state index contributed by atoms with van der Waals surface area (Å²) in [6.45, 7) is 0. The third kappa shape index (κ3) is 1.74. The molecular weight excluding hydrogens is 207 g/mol. The molecule has 0 aliphatic heterocycles. The van der Waals surface area contributed by atoms with Crippen LogP contribution in [0.2, 0.25) is 0 Å². The van der Waals surface area contributed by atoms with Crippen LogP contribution in [0.15, 0.2) is 40.9 Å². The zero-order valence-corrected chi connectivity index (χ0v) is 8.43. The van der Waals surface area contributed by atoms with Crippen LogP contribution in [-0.4, -0.2) is 0 Å². The van der Waals surface area contributed by atoms with E-state index in [1.807, 2.05) is 24.3 Å². The molecule has 12 heavy (non-hydrogen) atoms. The van der Waals surface area contributed by atoms with Crippen LogP contribution in [0.1, 0.15) is 0 Å². The summed E-state index contributed by atoms with van der Waals surface area (Å²) in [5, 5.41) is 2.37. The SMILES string of the molecule is Brc1cccc2ccc[c-]c12.[Li+]. The number of hydrogen-bond acceptors (Lipinski definition) is 0. The van der Waals surface area contributed by atoms with Crippen LogP contribution in [-0.2, 0) is 0 Å². The van der Waals surface area contributed by atoms with Gasteiger partial charge in [-0.25, -0.2) is 0 Å². The largest absolute Gasteiger partial charge is 1.00 e. The van der Waals surface area contributed by atoms with E-state index in [0.717, 1.165) is 9.86 Å². The Morgan fingerprint density at radius 2 is 1.83 bits per heavy atom. The number of benzene rings is 2. The predicted molar refractivity (Wildman–Crippen MR) is 50.5 cm³/mol. The van der Waals surface area contributed by atoms with Crippen molar-refractivity contribution in [2.24, 2.45) is 0 Å². The Labute approximate surface area is 92.3 Å². The van der Waals surface area contributed by atoms with Crippen LogP contribution in [0.3, 0.4) is 0 Å². The molecule has 0 nitrogen and oxygen atoms in total. The fraction of sp³-hybridized carbons (Fsp3) is 0. The smallest absolute Gasteiger partial charge is 0.147 e. The molecule has 2 aromatic rings. The van der Waals surface area contributed by atoms with Gasteiger partial charge in [0.1, 0.15) is 0 Å². The number of halogens is 1. The van der Waals surface area contributed by atoms with Crippen molar-refractivity contribution < 1.29 is 18.9 Å². The molecule has 0 heterocycles. The monoisotopic (exact) mass is 212 g/mol. The fourth-order valence-electron chi connectivity index (χ4n) is 1.12. The zero-order chi connectivity index (χ0) is 7.68. The molecule has 0 atom stereocenters. The van der Waals surface area contributed by atoms with Gasteiger partial charge in [0.2, 0.25) is 0 Å². The maximum atomic E-state index is 3.47. The third-order valence-electron chi connectivity index (χ3n) is 1.65. The zero-order valence-electron chi connectivity index (χ0n) is 6.84. The van der Waals surface area contributed by atoms with Gasteiger partial charge in [0.15, 0.2) is 0 Å². The van der Waals surface area contributed by atoms with Crippen molar-refractivity contribution >= 4 is 26.7 Å². The first-order valence-electron chi connectivity index (χ1n) is 3.43. The quantitative estimate of drug-likeness (QED) is 0.439. The Bertz CT molecular complexity index is 379. The van der Waals surface area contributed by atoms with Crippen molar-refractivity contribution in [1.82, 2.24) is 0 Å². The van der Waals surface area contributed by atoms with Gasteiger partial charge in [-0.2, -0.15) is 0 Å². The Morgan fingerprint density at radius 3 is 2.58 bits per heavy atom. The van der Waals surface area contributed by atoms with Crippen LogP contribution in [0.4, 0.5) is 0 Å². The van der Waals surface area contributed by atoms with E-state index in [4.69, 9.17) is 0 Å². The summed E-state index contributed by atoms with van der Waals surface area (Å²) >= 11 is 3.47. The molecule has 0 fully saturated rings. The second-order valence-corrected chi connectivity index (χ2v) is 3.23. The Hall–Kier alpha value is -0.223. The summed E-state index contributed by atoms with van der Waals surface area (Å²) in [7, 11) is 0. The molecule has 2 aromatic carbocycles. The second-order valence-electron chi connectivity index (χ2n) is 2.37. The number of rotatable bonds is 0. The number of fused-ring (bicyclic) bond motifs is 1. The average Bonchev–Trinajstić information content (AvgIpc) is 2.06. The Morgan fingerprint density at radius 1 is 1.08 bits per heavy atom. The molecular formula is C10H6BrLi. The summed E-state index contributed by atoms with van der Waals surface area (Å²) < 4.78 is 1.11. The van der Waals surface area contributed by atoms with Gasteiger partial charge in [0.25, 0.3) is 0 Å². The molecule has 0 spiro atoms. The van der Waals surface area contributed by atoms with Gasteiger partial charge >= 0.3 is 18.9 Å². The molecule has 0 aliphatic carbocycles. The van der Waals surface area contributed by atoms with Crippen LogP contribution in [0.5, 0.6) is 0 Å². The van der Waals surface area contributed by atoms with E-state index in [-0.39, 0.29) is 18.9 Å². The van der Waals surface area contributed by atoms with Crippen molar-refractivity contribution in [3.8, 4) is 0 Å². The first-order chi connectivity index (χ1) is 5.38. The molecule has 0 aromatic heterocycles. The molecule has 0 unspecified atom stereocenters. The summed E-state index contributed by atoms with van der Waals surface area (Å²) in [6, 6.07) is 15.3. The Kier molecular flexibility index (Phi) is 3.40. The van der Waals surface area contributed by atoms with Gasteiger partial charge < -0.3 is 0 Å². The van der Waals surface area contributed by atoms with E-state index in [1.165, 1.54) is 5.39 Å². The van der Waals surface area contributed by atoms with E-state index in [9.17, 15) is 0 Å². The minimum absolute atomic E-state index is 0. The minimum Gasteiger partial charge on any atom is -0.147 e. The first kappa shape index (κ1) is 9.86. The van der Waals surface area contributed by atoms with Gasteiger partial charge in [-0.05, 0) is 0 Å². The summed E-state index contributed by atoms with van der Waals surface area (Å²) in [5.41, 5.74) is 0. The van der Waals surface area contributed by atoms with Crippen molar-refractivity contribution in [2.45, 2.75) is 0 Å². The van der Waals surface area contributed by atoms with Gasteiger partial charge in [0.05, 0.1) is 0 Å². The molecule has 0 saturated heterocycles. The predicted octanol–water partition coefficient (Wildman–Crippen LogP) is 0.406. The molecule has 0 amide bonds. The van der Waals surface area contributed by atoms with Gasteiger partial charge in [-0.1, -0.05) is 22.7 Å². The van der Waals surface area contributed by atoms with Gasteiger partial charge in [0, 0.05) is 0 Å². The molecule has 54 valence electrons. The molecule has 0 aliphatic rings. The summed E-state index contributed by atoms with van der Waals surface area (Å²) in [5.74, 6) is 0. The normalized spacial score (nSPS) is 9.42. The van der Waals surface area contributed by atoms with E-state index >= 15 is 0 Å². The first-order valence-corrected chi connectivity index (χ1v) is 4.22. The maximum absolute atomic E-state index is 3.47.